The van der Waals surface area contributed by atoms with Crippen LogP contribution in [-0.2, 0) is 9.59 Å². The number of carboxylic acid groups (broad SMARTS) is 1. The van der Waals surface area contributed by atoms with Gasteiger partial charge in [-0.25, -0.2) is 4.79 Å². The Morgan fingerprint density at radius 3 is 2.81 bits per heavy atom. The third kappa shape index (κ3) is 2.75. The molecule has 4 heteroatoms. The first-order valence-corrected chi connectivity index (χ1v) is 5.48. The van der Waals surface area contributed by atoms with E-state index in [0.717, 1.165) is 12.8 Å². The second-order valence-corrected chi connectivity index (χ2v) is 4.52. The average Bonchev–Trinajstić information content (AvgIpc) is 2.17. The van der Waals surface area contributed by atoms with E-state index in [1.54, 1.807) is 0 Å². The molecule has 2 unspecified atom stereocenters. The summed E-state index contributed by atoms with van der Waals surface area (Å²) in [6.45, 7) is 2.00. The molecule has 88 valence electrons. The molecule has 0 aromatic carbocycles. The lowest BCUT2D eigenvalue weighted by molar-refractivity contribution is -0.149. The number of hydrogen-bond donors (Lipinski definition) is 2. The highest BCUT2D eigenvalue weighted by Gasteiger charge is 2.42. The van der Waals surface area contributed by atoms with Gasteiger partial charge in [-0.15, -0.1) is 6.42 Å². The van der Waals surface area contributed by atoms with Crippen LogP contribution >= 0.6 is 0 Å². The summed E-state index contributed by atoms with van der Waals surface area (Å²) in [6.07, 6.45) is 7.77. The lowest BCUT2D eigenvalue weighted by Crippen LogP contribution is -2.56. The van der Waals surface area contributed by atoms with Gasteiger partial charge >= 0.3 is 5.97 Å². The number of carboxylic acids is 1. The molecule has 4 nitrogen and oxygen atoms in total. The van der Waals surface area contributed by atoms with Crippen LogP contribution in [0.2, 0.25) is 0 Å². The molecule has 0 aliphatic heterocycles. The molecule has 0 spiro atoms. The SMILES string of the molecule is C#CCC(=O)NC1(C(=O)O)CCCC(C)C1. The van der Waals surface area contributed by atoms with Crippen LogP contribution in [0.15, 0.2) is 0 Å². The van der Waals surface area contributed by atoms with Crippen molar-refractivity contribution in [3.63, 3.8) is 0 Å². The Morgan fingerprint density at radius 1 is 1.62 bits per heavy atom. The highest BCUT2D eigenvalue weighted by molar-refractivity contribution is 5.88. The van der Waals surface area contributed by atoms with E-state index in [1.165, 1.54) is 0 Å². The molecule has 0 saturated heterocycles. The quantitative estimate of drug-likeness (QED) is 0.705. The Balaban J connectivity index is 2.77. The molecule has 16 heavy (non-hydrogen) atoms. The van der Waals surface area contributed by atoms with Gasteiger partial charge in [0.15, 0.2) is 0 Å². The summed E-state index contributed by atoms with van der Waals surface area (Å²) in [5.74, 6) is 1.20. The highest BCUT2D eigenvalue weighted by Crippen LogP contribution is 2.32. The Hall–Kier alpha value is -1.50. The Labute approximate surface area is 95.4 Å². The number of terminal acetylenes is 1. The molecular weight excluding hydrogens is 206 g/mol. The summed E-state index contributed by atoms with van der Waals surface area (Å²) in [5, 5.41) is 11.8. The van der Waals surface area contributed by atoms with Crippen molar-refractivity contribution in [1.82, 2.24) is 5.32 Å². The van der Waals surface area contributed by atoms with E-state index in [-0.39, 0.29) is 12.3 Å². The highest BCUT2D eigenvalue weighted by atomic mass is 16.4. The molecule has 0 radical (unpaired) electrons. The normalized spacial score (nSPS) is 29.1. The lowest BCUT2D eigenvalue weighted by atomic mass is 9.76. The third-order valence-corrected chi connectivity index (χ3v) is 3.05. The largest absolute Gasteiger partial charge is 0.480 e. The summed E-state index contributed by atoms with van der Waals surface area (Å²) in [5.41, 5.74) is -1.11. The average molecular weight is 223 g/mol. The summed E-state index contributed by atoms with van der Waals surface area (Å²) < 4.78 is 0. The van der Waals surface area contributed by atoms with Crippen molar-refractivity contribution in [3.05, 3.63) is 0 Å². The minimum atomic E-state index is -1.11. The van der Waals surface area contributed by atoms with E-state index in [4.69, 9.17) is 6.42 Å². The Bertz CT molecular complexity index is 332. The molecule has 1 aliphatic carbocycles. The minimum Gasteiger partial charge on any atom is -0.480 e. The smallest absolute Gasteiger partial charge is 0.329 e. The van der Waals surface area contributed by atoms with Gasteiger partial charge in [-0.2, -0.15) is 0 Å². The van der Waals surface area contributed by atoms with Gasteiger partial charge in [0.1, 0.15) is 5.54 Å². The summed E-state index contributed by atoms with van der Waals surface area (Å²) in [4.78, 5) is 22.7. The predicted octanol–water partition coefficient (Wildman–Crippen LogP) is 1.16. The van der Waals surface area contributed by atoms with Crippen molar-refractivity contribution in [2.75, 3.05) is 0 Å². The van der Waals surface area contributed by atoms with Crippen molar-refractivity contribution >= 4 is 11.9 Å². The van der Waals surface area contributed by atoms with Gasteiger partial charge in [0.25, 0.3) is 0 Å². The molecule has 1 aliphatic rings. The zero-order chi connectivity index (χ0) is 12.2. The Kier molecular flexibility index (Phi) is 3.94. The fourth-order valence-corrected chi connectivity index (χ4v) is 2.32. The van der Waals surface area contributed by atoms with Crippen molar-refractivity contribution in [1.29, 1.82) is 0 Å². The van der Waals surface area contributed by atoms with Crippen LogP contribution in [0, 0.1) is 18.3 Å². The number of carbonyl (C=O) groups is 2. The summed E-state index contributed by atoms with van der Waals surface area (Å²) in [6, 6.07) is 0. The molecule has 0 heterocycles. The lowest BCUT2D eigenvalue weighted by Gasteiger charge is -2.36. The number of aliphatic carboxylic acids is 1. The van der Waals surface area contributed by atoms with E-state index >= 15 is 0 Å². The van der Waals surface area contributed by atoms with Crippen LogP contribution in [0.4, 0.5) is 0 Å². The molecule has 0 aromatic heterocycles. The number of hydrogen-bond acceptors (Lipinski definition) is 2. The van der Waals surface area contributed by atoms with Gasteiger partial charge in [0.05, 0.1) is 6.42 Å². The van der Waals surface area contributed by atoms with Gasteiger partial charge in [0.2, 0.25) is 5.91 Å². The Morgan fingerprint density at radius 2 is 2.31 bits per heavy atom. The third-order valence-electron chi connectivity index (χ3n) is 3.05. The van der Waals surface area contributed by atoms with Gasteiger partial charge in [0, 0.05) is 0 Å². The molecule has 1 saturated carbocycles. The fraction of sp³-hybridized carbons (Fsp3) is 0.667. The van der Waals surface area contributed by atoms with Crippen molar-refractivity contribution in [3.8, 4) is 12.3 Å². The maximum absolute atomic E-state index is 11.4. The zero-order valence-electron chi connectivity index (χ0n) is 9.45. The number of amides is 1. The van der Waals surface area contributed by atoms with E-state index < -0.39 is 11.5 Å². The van der Waals surface area contributed by atoms with Crippen molar-refractivity contribution < 1.29 is 14.7 Å². The molecular formula is C12H17NO3. The van der Waals surface area contributed by atoms with Crippen LogP contribution < -0.4 is 5.32 Å². The first kappa shape index (κ1) is 12.6. The molecule has 0 bridgehead atoms. The van der Waals surface area contributed by atoms with Gasteiger partial charge < -0.3 is 10.4 Å². The molecule has 2 N–H and O–H groups in total. The van der Waals surface area contributed by atoms with E-state index in [2.05, 4.69) is 11.2 Å². The molecule has 1 rings (SSSR count). The van der Waals surface area contributed by atoms with Gasteiger partial charge in [-0.3, -0.25) is 4.79 Å². The number of nitrogens with one attached hydrogen (secondary N) is 1. The van der Waals surface area contributed by atoms with Gasteiger partial charge in [-0.1, -0.05) is 25.7 Å². The van der Waals surface area contributed by atoms with Gasteiger partial charge in [-0.05, 0) is 18.8 Å². The number of carbonyl (C=O) groups excluding carboxylic acids is 1. The monoisotopic (exact) mass is 223 g/mol. The molecule has 1 amide bonds. The topological polar surface area (TPSA) is 66.4 Å². The molecule has 1 fully saturated rings. The first-order chi connectivity index (χ1) is 7.50. The standard InChI is InChI=1S/C12H17NO3/c1-3-5-10(14)13-12(11(15)16)7-4-6-9(2)8-12/h1,9H,4-8H2,2H3,(H,13,14)(H,15,16). The second-order valence-electron chi connectivity index (χ2n) is 4.52. The van der Waals surface area contributed by atoms with Crippen molar-refractivity contribution in [2.24, 2.45) is 5.92 Å². The van der Waals surface area contributed by atoms with Crippen LogP contribution in [0.1, 0.15) is 39.0 Å². The minimum absolute atomic E-state index is 0.0661. The summed E-state index contributed by atoms with van der Waals surface area (Å²) >= 11 is 0. The van der Waals surface area contributed by atoms with Crippen LogP contribution in [0.3, 0.4) is 0 Å². The van der Waals surface area contributed by atoms with E-state index in [1.807, 2.05) is 6.92 Å². The van der Waals surface area contributed by atoms with Crippen molar-refractivity contribution in [2.45, 2.75) is 44.6 Å². The maximum Gasteiger partial charge on any atom is 0.329 e. The molecule has 2 atom stereocenters. The van der Waals surface area contributed by atoms with Crippen LogP contribution in [0.25, 0.3) is 0 Å². The first-order valence-electron chi connectivity index (χ1n) is 5.48. The van der Waals surface area contributed by atoms with E-state index in [9.17, 15) is 14.7 Å². The van der Waals surface area contributed by atoms with E-state index in [0.29, 0.717) is 18.8 Å². The van der Waals surface area contributed by atoms with Crippen LogP contribution in [0.5, 0.6) is 0 Å². The summed E-state index contributed by atoms with van der Waals surface area (Å²) in [7, 11) is 0. The fourth-order valence-electron chi connectivity index (χ4n) is 2.32. The zero-order valence-corrected chi connectivity index (χ0v) is 9.45. The molecule has 0 aromatic rings. The predicted molar refractivity (Wildman–Crippen MR) is 59.6 cm³/mol. The van der Waals surface area contributed by atoms with Crippen LogP contribution in [-0.4, -0.2) is 22.5 Å². The number of rotatable bonds is 3. The maximum atomic E-state index is 11.4. The second kappa shape index (κ2) is 5.02.